The van der Waals surface area contributed by atoms with Gasteiger partial charge in [-0.1, -0.05) is 6.92 Å². The van der Waals surface area contributed by atoms with Crippen molar-refractivity contribution < 1.29 is 0 Å². The minimum absolute atomic E-state index is 0.249. The summed E-state index contributed by atoms with van der Waals surface area (Å²) in [6.07, 6.45) is 1.17. The van der Waals surface area contributed by atoms with E-state index in [1.807, 2.05) is 0 Å². The van der Waals surface area contributed by atoms with Crippen LogP contribution in [0.25, 0.3) is 0 Å². The van der Waals surface area contributed by atoms with Gasteiger partial charge in [-0.2, -0.15) is 0 Å². The first-order valence-electron chi connectivity index (χ1n) is 9.21. The average Bonchev–Trinajstić information content (AvgIpc) is 2.56. The summed E-state index contributed by atoms with van der Waals surface area (Å²) in [4.78, 5) is 0. The van der Waals surface area contributed by atoms with Crippen LogP contribution in [0.5, 0.6) is 0 Å². The van der Waals surface area contributed by atoms with Crippen molar-refractivity contribution in [2.24, 2.45) is 11.1 Å². The molecule has 0 amide bonds. The number of hydrogen-bond acceptors (Lipinski definition) is 7. The van der Waals surface area contributed by atoms with Crippen LogP contribution in [-0.4, -0.2) is 84.1 Å². The fourth-order valence-electron chi connectivity index (χ4n) is 3.35. The number of nitrogens with one attached hydrogen (secondary N) is 6. The molecule has 23 heavy (non-hydrogen) atoms. The number of rotatable bonds is 1. The molecule has 0 aromatic carbocycles. The van der Waals surface area contributed by atoms with Crippen LogP contribution in [-0.2, 0) is 0 Å². The van der Waals surface area contributed by atoms with E-state index >= 15 is 0 Å². The van der Waals surface area contributed by atoms with Crippen molar-refractivity contribution in [1.29, 1.82) is 0 Å². The van der Waals surface area contributed by atoms with E-state index in [4.69, 9.17) is 5.73 Å². The minimum atomic E-state index is -0.249. The molecule has 3 fully saturated rings. The number of hydrogen-bond donors (Lipinski definition) is 7. The van der Waals surface area contributed by atoms with E-state index < -0.39 is 0 Å². The van der Waals surface area contributed by atoms with Crippen molar-refractivity contribution in [1.82, 2.24) is 31.9 Å². The Kier molecular flexibility index (Phi) is 8.18. The smallest absolute Gasteiger partial charge is 0.0533 e. The molecule has 0 unspecified atom stereocenters. The molecule has 0 spiro atoms. The molecular formula is C16H37N7. The maximum atomic E-state index is 6.59. The van der Waals surface area contributed by atoms with Gasteiger partial charge in [0.15, 0.2) is 0 Å². The van der Waals surface area contributed by atoms with E-state index in [-0.39, 0.29) is 11.0 Å². The molecule has 3 rings (SSSR count). The highest BCUT2D eigenvalue weighted by atomic mass is 15.1. The zero-order valence-corrected chi connectivity index (χ0v) is 14.8. The van der Waals surface area contributed by atoms with Crippen LogP contribution in [0, 0.1) is 5.41 Å². The molecule has 0 aliphatic carbocycles. The van der Waals surface area contributed by atoms with Crippen LogP contribution < -0.4 is 37.6 Å². The van der Waals surface area contributed by atoms with Crippen molar-refractivity contribution in [2.45, 2.75) is 18.9 Å². The van der Waals surface area contributed by atoms with Gasteiger partial charge in [0, 0.05) is 84.0 Å². The van der Waals surface area contributed by atoms with Crippen LogP contribution in [0.4, 0.5) is 0 Å². The lowest BCUT2D eigenvalue weighted by Gasteiger charge is -2.36. The monoisotopic (exact) mass is 327 g/mol. The van der Waals surface area contributed by atoms with Gasteiger partial charge in [0.25, 0.3) is 0 Å². The highest BCUT2D eigenvalue weighted by Crippen LogP contribution is 2.19. The molecule has 0 saturated carbocycles. The lowest BCUT2D eigenvalue weighted by Crippen LogP contribution is -2.62. The van der Waals surface area contributed by atoms with Gasteiger partial charge in [-0.25, -0.2) is 0 Å². The number of nitrogens with two attached hydrogens (primary N) is 1. The van der Waals surface area contributed by atoms with Gasteiger partial charge in [0.1, 0.15) is 0 Å². The topological polar surface area (TPSA) is 98.2 Å². The molecular weight excluding hydrogens is 290 g/mol. The quantitative estimate of drug-likeness (QED) is 0.290. The van der Waals surface area contributed by atoms with Gasteiger partial charge in [0.2, 0.25) is 0 Å². The van der Waals surface area contributed by atoms with Gasteiger partial charge < -0.3 is 37.6 Å². The predicted octanol–water partition coefficient (Wildman–Crippen LogP) is -2.35. The van der Waals surface area contributed by atoms with Crippen molar-refractivity contribution in [3.63, 3.8) is 0 Å². The Morgan fingerprint density at radius 1 is 0.609 bits per heavy atom. The van der Waals surface area contributed by atoms with Crippen molar-refractivity contribution in [3.05, 3.63) is 0 Å². The molecule has 0 aromatic rings. The second kappa shape index (κ2) is 9.88. The Morgan fingerprint density at radius 3 is 1.22 bits per heavy atom. The Bertz CT molecular complexity index is 280. The first-order chi connectivity index (χ1) is 11.2. The van der Waals surface area contributed by atoms with E-state index in [0.717, 1.165) is 78.5 Å². The molecule has 7 heteroatoms. The molecule has 0 atom stereocenters. The van der Waals surface area contributed by atoms with Gasteiger partial charge in [-0.05, 0) is 6.42 Å². The fourth-order valence-corrected chi connectivity index (χ4v) is 3.35. The van der Waals surface area contributed by atoms with Crippen LogP contribution in [0.3, 0.4) is 0 Å². The summed E-state index contributed by atoms with van der Waals surface area (Å²) in [5, 5.41) is 21.5. The Labute approximate surface area is 141 Å². The highest BCUT2D eigenvalue weighted by Gasteiger charge is 2.28. The molecule has 2 bridgehead atoms. The molecule has 7 nitrogen and oxygen atoms in total. The highest BCUT2D eigenvalue weighted by molar-refractivity contribution is 4.92. The second-order valence-corrected chi connectivity index (χ2v) is 7.28. The summed E-state index contributed by atoms with van der Waals surface area (Å²) >= 11 is 0. The molecule has 8 N–H and O–H groups in total. The Hall–Kier alpha value is -0.280. The predicted molar refractivity (Wildman–Crippen MR) is 96.9 cm³/mol. The van der Waals surface area contributed by atoms with Gasteiger partial charge in [-0.15, -0.1) is 0 Å². The minimum Gasteiger partial charge on any atom is -0.322 e. The van der Waals surface area contributed by atoms with Crippen molar-refractivity contribution in [2.75, 3.05) is 78.5 Å². The lowest BCUT2D eigenvalue weighted by atomic mass is 9.84. The summed E-state index contributed by atoms with van der Waals surface area (Å²) in [5.41, 5.74) is 6.62. The largest absolute Gasteiger partial charge is 0.322 e. The average molecular weight is 328 g/mol. The molecule has 3 aliphatic rings. The summed E-state index contributed by atoms with van der Waals surface area (Å²) in [7, 11) is 0. The molecule has 3 aliphatic heterocycles. The summed E-state index contributed by atoms with van der Waals surface area (Å²) in [5.74, 6) is 0. The molecule has 136 valence electrons. The maximum Gasteiger partial charge on any atom is 0.0533 e. The van der Waals surface area contributed by atoms with Gasteiger partial charge >= 0.3 is 0 Å². The first kappa shape index (κ1) is 19.1. The van der Waals surface area contributed by atoms with Crippen molar-refractivity contribution in [3.8, 4) is 0 Å². The zero-order chi connectivity index (χ0) is 16.4. The third-order valence-electron chi connectivity index (χ3n) is 5.12. The first-order valence-corrected chi connectivity index (χ1v) is 9.21. The van der Waals surface area contributed by atoms with Crippen LogP contribution in [0.1, 0.15) is 13.3 Å². The molecule has 3 saturated heterocycles. The van der Waals surface area contributed by atoms with E-state index in [0.29, 0.717) is 0 Å². The van der Waals surface area contributed by atoms with Crippen LogP contribution >= 0.6 is 0 Å². The molecule has 3 heterocycles. The molecule has 0 radical (unpaired) electrons. The van der Waals surface area contributed by atoms with Crippen LogP contribution in [0.15, 0.2) is 0 Å². The molecule has 0 aromatic heterocycles. The number of fused-ring (bicyclic) bond motifs is 15. The fraction of sp³-hybridized carbons (Fsp3) is 1.00. The third kappa shape index (κ3) is 6.62. The maximum absolute atomic E-state index is 6.59. The van der Waals surface area contributed by atoms with E-state index in [9.17, 15) is 0 Å². The standard InChI is InChI=1S/C16H37N7/c1-2-15-9-18-3-6-21-12-16(17,13-22-7-4-19-10-15)14-23-8-5-20-11-15/h18-23H,2-14,17H2,1H3. The summed E-state index contributed by atoms with van der Waals surface area (Å²) in [6, 6.07) is 0. The van der Waals surface area contributed by atoms with E-state index in [1.54, 1.807) is 0 Å². The summed E-state index contributed by atoms with van der Waals surface area (Å²) < 4.78 is 0. The van der Waals surface area contributed by atoms with Gasteiger partial charge in [0.05, 0.1) is 5.54 Å². The van der Waals surface area contributed by atoms with Crippen LogP contribution in [0.2, 0.25) is 0 Å². The van der Waals surface area contributed by atoms with Gasteiger partial charge in [-0.3, -0.25) is 0 Å². The Balaban J connectivity index is 2.06. The summed E-state index contributed by atoms with van der Waals surface area (Å²) in [6.45, 7) is 13.7. The SMILES string of the molecule is CCC12CNCCNCC(N)(CNCCNC1)CNCCNC2. The lowest BCUT2D eigenvalue weighted by molar-refractivity contribution is 0.231. The normalized spacial score (nSPS) is 36.3. The van der Waals surface area contributed by atoms with E-state index in [2.05, 4.69) is 38.8 Å². The zero-order valence-electron chi connectivity index (χ0n) is 14.8. The van der Waals surface area contributed by atoms with Crippen molar-refractivity contribution >= 4 is 0 Å². The second-order valence-electron chi connectivity index (χ2n) is 7.28. The Morgan fingerprint density at radius 2 is 0.913 bits per heavy atom. The van der Waals surface area contributed by atoms with E-state index in [1.165, 1.54) is 6.42 Å². The third-order valence-corrected chi connectivity index (χ3v) is 5.12.